The van der Waals surface area contributed by atoms with Crippen LogP contribution in [0.2, 0.25) is 0 Å². The number of esters is 1. The van der Waals surface area contributed by atoms with E-state index in [2.05, 4.69) is 12.1 Å². The van der Waals surface area contributed by atoms with Gasteiger partial charge in [0.15, 0.2) is 6.10 Å². The maximum atomic E-state index is 12.8. The average molecular weight is 451 g/mol. The maximum absolute atomic E-state index is 12.8. The summed E-state index contributed by atoms with van der Waals surface area (Å²) in [5.41, 5.74) is 3.48. The molecular formula is C25H26N2O4S. The Morgan fingerprint density at radius 3 is 2.81 bits per heavy atom. The van der Waals surface area contributed by atoms with E-state index in [1.165, 1.54) is 10.5 Å². The monoisotopic (exact) mass is 450 g/mol. The van der Waals surface area contributed by atoms with E-state index in [0.29, 0.717) is 18.0 Å². The molecule has 4 rings (SSSR count). The van der Waals surface area contributed by atoms with Crippen molar-refractivity contribution >= 4 is 28.9 Å². The van der Waals surface area contributed by atoms with Crippen LogP contribution in [0.1, 0.15) is 37.3 Å². The standard InChI is InChI=1S/C25H26N2O4S/c1-3-4-12-30-24(28)15-27-21-14-19(10-11-22(21)31-17(2)25(27)29)20-16-32-23(26-20)13-18-8-6-5-7-9-18/h5-11,14,16-17H,3-4,12-13,15H2,1-2H3. The van der Waals surface area contributed by atoms with Crippen LogP contribution in [-0.4, -0.2) is 36.1 Å². The summed E-state index contributed by atoms with van der Waals surface area (Å²) in [6, 6.07) is 15.8. The Labute approximate surface area is 191 Å². The summed E-state index contributed by atoms with van der Waals surface area (Å²) in [6.45, 7) is 3.94. The molecule has 0 bridgehead atoms. The SMILES string of the molecule is CCCCOC(=O)CN1C(=O)C(C)Oc2ccc(-c3csc(Cc4ccccc4)n3)cc21. The number of benzene rings is 2. The van der Waals surface area contributed by atoms with E-state index in [9.17, 15) is 9.59 Å². The van der Waals surface area contributed by atoms with Crippen LogP contribution in [0.15, 0.2) is 53.9 Å². The topological polar surface area (TPSA) is 68.7 Å². The number of carbonyl (C=O) groups is 2. The Hall–Kier alpha value is -3.19. The van der Waals surface area contributed by atoms with Gasteiger partial charge in [-0.05, 0) is 37.1 Å². The highest BCUT2D eigenvalue weighted by Gasteiger charge is 2.33. The fraction of sp³-hybridized carbons (Fsp3) is 0.320. The molecule has 7 heteroatoms. The van der Waals surface area contributed by atoms with E-state index in [1.807, 2.05) is 48.7 Å². The van der Waals surface area contributed by atoms with Crippen LogP contribution in [0.4, 0.5) is 5.69 Å². The number of thiazole rings is 1. The first-order valence-corrected chi connectivity index (χ1v) is 11.7. The molecule has 32 heavy (non-hydrogen) atoms. The molecular weight excluding hydrogens is 424 g/mol. The van der Waals surface area contributed by atoms with Gasteiger partial charge in [-0.25, -0.2) is 4.98 Å². The molecule has 0 aliphatic carbocycles. The summed E-state index contributed by atoms with van der Waals surface area (Å²) < 4.78 is 11.0. The number of anilines is 1. The summed E-state index contributed by atoms with van der Waals surface area (Å²) in [7, 11) is 0. The van der Waals surface area contributed by atoms with Crippen molar-refractivity contribution in [1.29, 1.82) is 0 Å². The van der Waals surface area contributed by atoms with Crippen LogP contribution < -0.4 is 9.64 Å². The Bertz CT molecular complexity index is 1100. The van der Waals surface area contributed by atoms with E-state index in [4.69, 9.17) is 14.5 Å². The molecule has 3 aromatic rings. The minimum Gasteiger partial charge on any atom is -0.479 e. The van der Waals surface area contributed by atoms with Gasteiger partial charge < -0.3 is 9.47 Å². The van der Waals surface area contributed by atoms with Crippen molar-refractivity contribution in [2.45, 2.75) is 39.2 Å². The van der Waals surface area contributed by atoms with Gasteiger partial charge in [0.25, 0.3) is 5.91 Å². The predicted octanol–water partition coefficient (Wildman–Crippen LogP) is 4.86. The Balaban J connectivity index is 1.56. The summed E-state index contributed by atoms with van der Waals surface area (Å²) in [5.74, 6) is -0.108. The first-order valence-electron chi connectivity index (χ1n) is 10.8. The van der Waals surface area contributed by atoms with E-state index < -0.39 is 12.1 Å². The molecule has 1 atom stereocenters. The van der Waals surface area contributed by atoms with Crippen LogP contribution in [0.3, 0.4) is 0 Å². The molecule has 0 spiro atoms. The van der Waals surface area contributed by atoms with Gasteiger partial charge in [0.2, 0.25) is 0 Å². The largest absolute Gasteiger partial charge is 0.479 e. The van der Waals surface area contributed by atoms with Crippen LogP contribution in [0.25, 0.3) is 11.3 Å². The molecule has 1 unspecified atom stereocenters. The number of amides is 1. The Kier molecular flexibility index (Phi) is 6.85. The quantitative estimate of drug-likeness (QED) is 0.362. The van der Waals surface area contributed by atoms with Gasteiger partial charge in [0, 0.05) is 17.4 Å². The molecule has 0 radical (unpaired) electrons. The highest BCUT2D eigenvalue weighted by Crippen LogP contribution is 2.38. The normalized spacial score (nSPS) is 15.2. The van der Waals surface area contributed by atoms with Gasteiger partial charge in [0.05, 0.1) is 23.0 Å². The lowest BCUT2D eigenvalue weighted by molar-refractivity contribution is -0.143. The maximum Gasteiger partial charge on any atom is 0.326 e. The Morgan fingerprint density at radius 1 is 1.22 bits per heavy atom. The molecule has 0 saturated carbocycles. The molecule has 0 saturated heterocycles. The summed E-state index contributed by atoms with van der Waals surface area (Å²) in [5, 5.41) is 3.03. The second-order valence-electron chi connectivity index (χ2n) is 7.73. The number of nitrogens with zero attached hydrogens (tertiary/aromatic N) is 2. The molecule has 1 aliphatic rings. The van der Waals surface area contributed by atoms with Crippen molar-refractivity contribution in [1.82, 2.24) is 4.98 Å². The Morgan fingerprint density at radius 2 is 2.03 bits per heavy atom. The highest BCUT2D eigenvalue weighted by molar-refractivity contribution is 7.10. The van der Waals surface area contributed by atoms with Gasteiger partial charge in [-0.1, -0.05) is 43.7 Å². The van der Waals surface area contributed by atoms with E-state index in [0.717, 1.165) is 35.5 Å². The van der Waals surface area contributed by atoms with Crippen molar-refractivity contribution in [2.75, 3.05) is 18.1 Å². The molecule has 2 heterocycles. The lowest BCUT2D eigenvalue weighted by atomic mass is 10.1. The van der Waals surface area contributed by atoms with Crippen LogP contribution in [0.5, 0.6) is 5.75 Å². The fourth-order valence-corrected chi connectivity index (χ4v) is 4.37. The zero-order valence-corrected chi connectivity index (χ0v) is 19.1. The fourth-order valence-electron chi connectivity index (χ4n) is 3.53. The van der Waals surface area contributed by atoms with Crippen molar-refractivity contribution < 1.29 is 19.1 Å². The molecule has 1 amide bonds. The van der Waals surface area contributed by atoms with Crippen molar-refractivity contribution in [3.05, 3.63) is 64.5 Å². The van der Waals surface area contributed by atoms with E-state index in [1.54, 1.807) is 18.3 Å². The number of rotatable bonds is 8. The second-order valence-corrected chi connectivity index (χ2v) is 8.67. The number of carbonyl (C=O) groups excluding carboxylic acids is 2. The van der Waals surface area contributed by atoms with Gasteiger partial charge in [-0.15, -0.1) is 11.3 Å². The summed E-state index contributed by atoms with van der Waals surface area (Å²) >= 11 is 1.60. The van der Waals surface area contributed by atoms with Crippen LogP contribution >= 0.6 is 11.3 Å². The predicted molar refractivity (Wildman–Crippen MR) is 125 cm³/mol. The van der Waals surface area contributed by atoms with Crippen molar-refractivity contribution in [2.24, 2.45) is 0 Å². The summed E-state index contributed by atoms with van der Waals surface area (Å²) in [6.07, 6.45) is 1.85. The summed E-state index contributed by atoms with van der Waals surface area (Å²) in [4.78, 5) is 31.3. The average Bonchev–Trinajstić information content (AvgIpc) is 3.26. The molecule has 1 aromatic heterocycles. The minimum absolute atomic E-state index is 0.136. The number of aromatic nitrogens is 1. The lowest BCUT2D eigenvalue weighted by Crippen LogP contribution is -2.47. The third-order valence-electron chi connectivity index (χ3n) is 5.26. The first kappa shape index (κ1) is 22.0. The smallest absolute Gasteiger partial charge is 0.326 e. The number of fused-ring (bicyclic) bond motifs is 1. The second kappa shape index (κ2) is 9.96. The van der Waals surface area contributed by atoms with Gasteiger partial charge in [-0.3, -0.25) is 14.5 Å². The third kappa shape index (κ3) is 4.99. The van der Waals surface area contributed by atoms with E-state index >= 15 is 0 Å². The molecule has 6 nitrogen and oxygen atoms in total. The number of ether oxygens (including phenoxy) is 2. The highest BCUT2D eigenvalue weighted by atomic mass is 32.1. The number of hydrogen-bond donors (Lipinski definition) is 0. The third-order valence-corrected chi connectivity index (χ3v) is 6.11. The molecule has 2 aromatic carbocycles. The minimum atomic E-state index is -0.659. The lowest BCUT2D eigenvalue weighted by Gasteiger charge is -2.32. The van der Waals surface area contributed by atoms with Crippen LogP contribution in [-0.2, 0) is 20.7 Å². The molecule has 0 N–H and O–H groups in total. The van der Waals surface area contributed by atoms with Gasteiger partial charge >= 0.3 is 5.97 Å². The number of unbranched alkanes of at least 4 members (excludes halogenated alkanes) is 1. The van der Waals surface area contributed by atoms with Crippen LogP contribution in [0, 0.1) is 0 Å². The number of hydrogen-bond acceptors (Lipinski definition) is 6. The molecule has 166 valence electrons. The van der Waals surface area contributed by atoms with Crippen molar-refractivity contribution in [3.8, 4) is 17.0 Å². The molecule has 0 fully saturated rings. The zero-order valence-electron chi connectivity index (χ0n) is 18.2. The van der Waals surface area contributed by atoms with Crippen molar-refractivity contribution in [3.63, 3.8) is 0 Å². The first-order chi connectivity index (χ1) is 15.5. The molecule has 1 aliphatic heterocycles. The van der Waals surface area contributed by atoms with Gasteiger partial charge in [0.1, 0.15) is 12.3 Å². The van der Waals surface area contributed by atoms with E-state index in [-0.39, 0.29) is 12.5 Å². The zero-order chi connectivity index (χ0) is 22.5. The van der Waals surface area contributed by atoms with Gasteiger partial charge in [-0.2, -0.15) is 0 Å².